The lowest BCUT2D eigenvalue weighted by molar-refractivity contribution is 0.102. The Labute approximate surface area is 175 Å². The number of benzene rings is 3. The van der Waals surface area contributed by atoms with Gasteiger partial charge in [-0.25, -0.2) is 9.67 Å². The van der Waals surface area contributed by atoms with Crippen LogP contribution in [0, 0.1) is 0 Å². The van der Waals surface area contributed by atoms with Gasteiger partial charge in [0.1, 0.15) is 11.3 Å². The zero-order valence-corrected chi connectivity index (χ0v) is 16.9. The van der Waals surface area contributed by atoms with E-state index in [1.807, 2.05) is 54.6 Å². The summed E-state index contributed by atoms with van der Waals surface area (Å²) in [5.74, 6) is 0.573. The molecule has 0 aliphatic carbocycles. The van der Waals surface area contributed by atoms with Gasteiger partial charge in [-0.1, -0.05) is 40.8 Å². The summed E-state index contributed by atoms with van der Waals surface area (Å²) in [4.78, 5) is 17.1. The molecule has 0 saturated heterocycles. The summed E-state index contributed by atoms with van der Waals surface area (Å²) in [7, 11) is 1.64. The highest BCUT2D eigenvalue weighted by Crippen LogP contribution is 2.26. The minimum Gasteiger partial charge on any atom is -0.497 e. The molecule has 0 aliphatic heterocycles. The summed E-state index contributed by atoms with van der Waals surface area (Å²) in [5.41, 5.74) is 3.95. The van der Waals surface area contributed by atoms with Crippen molar-refractivity contribution in [3.05, 3.63) is 77.9 Å². The van der Waals surface area contributed by atoms with E-state index in [9.17, 15) is 4.79 Å². The van der Waals surface area contributed by atoms with Crippen LogP contribution in [0.25, 0.3) is 21.3 Å². The second-order valence-electron chi connectivity index (χ2n) is 6.74. The Hall–Kier alpha value is -3.78. The SMILES string of the molecule is COc1cccc(Cn2nnc3cc(C(=O)Nc4nc5ccccc5s4)ccc32)c1. The Morgan fingerprint density at radius 1 is 1.07 bits per heavy atom. The lowest BCUT2D eigenvalue weighted by Crippen LogP contribution is -2.11. The van der Waals surface area contributed by atoms with E-state index >= 15 is 0 Å². The number of fused-ring (bicyclic) bond motifs is 2. The van der Waals surface area contributed by atoms with Gasteiger partial charge in [-0.2, -0.15) is 0 Å². The Morgan fingerprint density at radius 3 is 2.83 bits per heavy atom. The van der Waals surface area contributed by atoms with Crippen molar-refractivity contribution in [2.24, 2.45) is 0 Å². The molecule has 0 radical (unpaired) electrons. The lowest BCUT2D eigenvalue weighted by Gasteiger charge is -2.06. The quantitative estimate of drug-likeness (QED) is 0.461. The van der Waals surface area contributed by atoms with Crippen molar-refractivity contribution in [1.29, 1.82) is 0 Å². The van der Waals surface area contributed by atoms with E-state index in [1.54, 1.807) is 23.9 Å². The number of hydrogen-bond acceptors (Lipinski definition) is 6. The van der Waals surface area contributed by atoms with Crippen LogP contribution in [0.4, 0.5) is 5.13 Å². The summed E-state index contributed by atoms with van der Waals surface area (Å²) in [5, 5.41) is 11.9. The number of aromatic nitrogens is 4. The molecule has 0 unspecified atom stereocenters. The fraction of sp³-hybridized carbons (Fsp3) is 0.0909. The predicted octanol–water partition coefficient (Wildman–Crippen LogP) is 4.35. The van der Waals surface area contributed by atoms with Gasteiger partial charge in [0.25, 0.3) is 5.91 Å². The third kappa shape index (κ3) is 3.48. The van der Waals surface area contributed by atoms with Gasteiger partial charge in [0.15, 0.2) is 5.13 Å². The highest BCUT2D eigenvalue weighted by Gasteiger charge is 2.13. The van der Waals surface area contributed by atoms with E-state index in [4.69, 9.17) is 4.74 Å². The number of rotatable bonds is 5. The van der Waals surface area contributed by atoms with Gasteiger partial charge in [-0.05, 0) is 48.0 Å². The van der Waals surface area contributed by atoms with Crippen LogP contribution in [0.2, 0.25) is 0 Å². The standard InChI is InChI=1S/C22H17N5O2S/c1-29-16-6-4-5-14(11-16)13-27-19-10-9-15(12-18(19)25-26-27)21(28)24-22-23-17-7-2-3-8-20(17)30-22/h2-12H,13H2,1H3,(H,23,24,28). The molecule has 1 amide bonds. The minimum absolute atomic E-state index is 0.224. The third-order valence-electron chi connectivity index (χ3n) is 4.76. The normalized spacial score (nSPS) is 11.1. The second kappa shape index (κ2) is 7.57. The molecular weight excluding hydrogens is 398 g/mol. The number of carbonyl (C=O) groups is 1. The molecule has 5 aromatic rings. The van der Waals surface area contributed by atoms with Crippen LogP contribution in [0.15, 0.2) is 66.7 Å². The number of para-hydroxylation sites is 1. The third-order valence-corrected chi connectivity index (χ3v) is 5.71. The predicted molar refractivity (Wildman–Crippen MR) is 117 cm³/mol. The van der Waals surface area contributed by atoms with Gasteiger partial charge in [-0.15, -0.1) is 5.10 Å². The molecule has 7 nitrogen and oxygen atoms in total. The molecule has 2 aromatic heterocycles. The van der Waals surface area contributed by atoms with Crippen molar-refractivity contribution in [1.82, 2.24) is 20.0 Å². The van der Waals surface area contributed by atoms with E-state index in [1.165, 1.54) is 11.3 Å². The first-order valence-corrected chi connectivity index (χ1v) is 10.1. The van der Waals surface area contributed by atoms with Crippen LogP contribution in [-0.2, 0) is 6.54 Å². The zero-order valence-electron chi connectivity index (χ0n) is 16.1. The number of nitrogens with one attached hydrogen (secondary N) is 1. The van der Waals surface area contributed by atoms with Crippen LogP contribution in [0.1, 0.15) is 15.9 Å². The minimum atomic E-state index is -0.224. The highest BCUT2D eigenvalue weighted by atomic mass is 32.1. The van der Waals surface area contributed by atoms with Crippen molar-refractivity contribution < 1.29 is 9.53 Å². The molecule has 0 fully saturated rings. The monoisotopic (exact) mass is 415 g/mol. The molecule has 8 heteroatoms. The Balaban J connectivity index is 1.37. The molecule has 148 valence electrons. The first kappa shape index (κ1) is 18.3. The lowest BCUT2D eigenvalue weighted by atomic mass is 10.1. The van der Waals surface area contributed by atoms with Gasteiger partial charge in [-0.3, -0.25) is 10.1 Å². The Morgan fingerprint density at radius 2 is 1.97 bits per heavy atom. The van der Waals surface area contributed by atoms with Crippen LogP contribution in [-0.4, -0.2) is 33.0 Å². The number of carbonyl (C=O) groups excluding carboxylic acids is 1. The number of nitrogens with zero attached hydrogens (tertiary/aromatic N) is 4. The van der Waals surface area contributed by atoms with Gasteiger partial charge >= 0.3 is 0 Å². The Kier molecular flexibility index (Phi) is 4.61. The molecular formula is C22H17N5O2S. The van der Waals surface area contributed by atoms with E-state index in [2.05, 4.69) is 20.6 Å². The van der Waals surface area contributed by atoms with E-state index in [0.29, 0.717) is 22.8 Å². The summed E-state index contributed by atoms with van der Waals surface area (Å²) < 4.78 is 8.11. The van der Waals surface area contributed by atoms with E-state index in [0.717, 1.165) is 27.0 Å². The van der Waals surface area contributed by atoms with Gasteiger partial charge in [0.2, 0.25) is 0 Å². The maximum Gasteiger partial charge on any atom is 0.257 e. The van der Waals surface area contributed by atoms with Crippen LogP contribution >= 0.6 is 11.3 Å². The summed E-state index contributed by atoms with van der Waals surface area (Å²) in [6.07, 6.45) is 0. The topological polar surface area (TPSA) is 81.9 Å². The fourth-order valence-electron chi connectivity index (χ4n) is 3.27. The number of amides is 1. The van der Waals surface area contributed by atoms with Crippen molar-refractivity contribution in [3.8, 4) is 5.75 Å². The van der Waals surface area contributed by atoms with E-state index in [-0.39, 0.29) is 5.91 Å². The smallest absolute Gasteiger partial charge is 0.257 e. The maximum absolute atomic E-state index is 12.7. The number of thiazole rings is 1. The molecule has 1 N–H and O–H groups in total. The number of hydrogen-bond donors (Lipinski definition) is 1. The van der Waals surface area contributed by atoms with Crippen LogP contribution < -0.4 is 10.1 Å². The summed E-state index contributed by atoms with van der Waals surface area (Å²) in [6, 6.07) is 21.0. The van der Waals surface area contributed by atoms with Crippen molar-refractivity contribution in [2.75, 3.05) is 12.4 Å². The molecule has 30 heavy (non-hydrogen) atoms. The largest absolute Gasteiger partial charge is 0.497 e. The molecule has 0 atom stereocenters. The van der Waals surface area contributed by atoms with Crippen molar-refractivity contribution in [3.63, 3.8) is 0 Å². The molecule has 0 aliphatic rings. The first-order valence-electron chi connectivity index (χ1n) is 9.33. The molecule has 0 saturated carbocycles. The maximum atomic E-state index is 12.7. The van der Waals surface area contributed by atoms with Crippen molar-refractivity contribution >= 4 is 43.6 Å². The van der Waals surface area contributed by atoms with Gasteiger partial charge in [0, 0.05) is 5.56 Å². The van der Waals surface area contributed by atoms with Crippen LogP contribution in [0.3, 0.4) is 0 Å². The first-order chi connectivity index (χ1) is 14.7. The fourth-order valence-corrected chi connectivity index (χ4v) is 4.13. The van der Waals surface area contributed by atoms with E-state index < -0.39 is 0 Å². The number of anilines is 1. The molecule has 0 bridgehead atoms. The number of methoxy groups -OCH3 is 1. The average Bonchev–Trinajstić information content (AvgIpc) is 3.37. The molecule has 0 spiro atoms. The highest BCUT2D eigenvalue weighted by molar-refractivity contribution is 7.22. The molecule has 3 aromatic carbocycles. The zero-order chi connectivity index (χ0) is 20.5. The molecule has 5 rings (SSSR count). The van der Waals surface area contributed by atoms with Gasteiger partial charge in [0.05, 0.1) is 29.4 Å². The van der Waals surface area contributed by atoms with Gasteiger partial charge < -0.3 is 4.74 Å². The molecule has 2 heterocycles. The number of ether oxygens (including phenoxy) is 1. The summed E-state index contributed by atoms with van der Waals surface area (Å²) >= 11 is 1.45. The summed E-state index contributed by atoms with van der Waals surface area (Å²) in [6.45, 7) is 0.560. The van der Waals surface area contributed by atoms with Crippen LogP contribution in [0.5, 0.6) is 5.75 Å². The Bertz CT molecular complexity index is 1340. The second-order valence-corrected chi connectivity index (χ2v) is 7.77. The van der Waals surface area contributed by atoms with Crippen molar-refractivity contribution in [2.45, 2.75) is 6.54 Å². The average molecular weight is 415 g/mol.